The topological polar surface area (TPSA) is 29.1 Å². The van der Waals surface area contributed by atoms with Crippen LogP contribution in [0.2, 0.25) is 0 Å². The van der Waals surface area contributed by atoms with Crippen LogP contribution in [0, 0.1) is 0 Å². The second-order valence-corrected chi connectivity index (χ2v) is 10.7. The SMILES string of the molecule is CC(c1ccccc1)C(NP(=O)(c1ccccc1)c1ccccc1)c1ccc(C(F)(F)F)cc1. The summed E-state index contributed by atoms with van der Waals surface area (Å²) in [5, 5.41) is 4.68. The van der Waals surface area contributed by atoms with Crippen LogP contribution in [-0.4, -0.2) is 0 Å². The molecule has 0 heterocycles. The maximum absolute atomic E-state index is 14.7. The van der Waals surface area contributed by atoms with Crippen LogP contribution in [0.15, 0.2) is 115 Å². The third kappa shape index (κ3) is 5.16. The molecule has 6 heteroatoms. The molecule has 0 spiro atoms. The third-order valence-corrected chi connectivity index (χ3v) is 8.68. The van der Waals surface area contributed by atoms with E-state index >= 15 is 0 Å². The fourth-order valence-corrected chi connectivity index (χ4v) is 6.62. The van der Waals surface area contributed by atoms with Gasteiger partial charge >= 0.3 is 6.18 Å². The van der Waals surface area contributed by atoms with E-state index in [0.29, 0.717) is 16.2 Å². The highest BCUT2D eigenvalue weighted by atomic mass is 31.2. The fraction of sp³-hybridized carbons (Fsp3) is 0.143. The normalized spacial score (nSPS) is 13.9. The zero-order chi connectivity index (χ0) is 24.2. The molecule has 0 bridgehead atoms. The molecule has 0 aromatic heterocycles. The van der Waals surface area contributed by atoms with Crippen molar-refractivity contribution in [2.45, 2.75) is 25.1 Å². The molecule has 0 amide bonds. The van der Waals surface area contributed by atoms with Crippen LogP contribution in [-0.2, 0) is 10.7 Å². The van der Waals surface area contributed by atoms with Gasteiger partial charge in [0.15, 0.2) is 0 Å². The lowest BCUT2D eigenvalue weighted by Gasteiger charge is -2.31. The summed E-state index contributed by atoms with van der Waals surface area (Å²) >= 11 is 0. The van der Waals surface area contributed by atoms with E-state index < -0.39 is 25.1 Å². The van der Waals surface area contributed by atoms with Crippen molar-refractivity contribution in [1.29, 1.82) is 0 Å². The first-order valence-electron chi connectivity index (χ1n) is 11.0. The third-order valence-electron chi connectivity index (χ3n) is 5.98. The van der Waals surface area contributed by atoms with Gasteiger partial charge in [0.05, 0.1) is 5.56 Å². The Balaban J connectivity index is 1.83. The van der Waals surface area contributed by atoms with Crippen molar-refractivity contribution >= 4 is 17.9 Å². The van der Waals surface area contributed by atoms with Crippen molar-refractivity contribution in [3.63, 3.8) is 0 Å². The average molecular weight is 479 g/mol. The average Bonchev–Trinajstić information content (AvgIpc) is 2.88. The monoisotopic (exact) mass is 479 g/mol. The lowest BCUT2D eigenvalue weighted by Crippen LogP contribution is -2.33. The Kier molecular flexibility index (Phi) is 7.06. The number of alkyl halides is 3. The summed E-state index contributed by atoms with van der Waals surface area (Å²) < 4.78 is 54.3. The van der Waals surface area contributed by atoms with Crippen molar-refractivity contribution in [3.05, 3.63) is 132 Å². The molecule has 0 aliphatic rings. The van der Waals surface area contributed by atoms with Crippen LogP contribution in [0.3, 0.4) is 0 Å². The number of rotatable bonds is 7. The van der Waals surface area contributed by atoms with Gasteiger partial charge in [0, 0.05) is 22.6 Å². The minimum absolute atomic E-state index is 0.168. The highest BCUT2D eigenvalue weighted by Crippen LogP contribution is 2.45. The molecule has 4 aromatic rings. The minimum atomic E-state index is -4.42. The molecule has 0 aliphatic heterocycles. The van der Waals surface area contributed by atoms with E-state index in [-0.39, 0.29) is 5.92 Å². The van der Waals surface area contributed by atoms with E-state index in [1.165, 1.54) is 12.1 Å². The van der Waals surface area contributed by atoms with Crippen molar-refractivity contribution in [2.75, 3.05) is 0 Å². The molecule has 0 fully saturated rings. The Hall–Kier alpha value is -3.14. The lowest BCUT2D eigenvalue weighted by molar-refractivity contribution is -0.137. The van der Waals surface area contributed by atoms with Gasteiger partial charge in [0.2, 0.25) is 7.29 Å². The molecule has 34 heavy (non-hydrogen) atoms. The van der Waals surface area contributed by atoms with Crippen LogP contribution < -0.4 is 15.7 Å². The second kappa shape index (κ2) is 10.0. The molecule has 174 valence electrons. The van der Waals surface area contributed by atoms with Gasteiger partial charge in [-0.1, -0.05) is 85.8 Å². The Morgan fingerprint density at radius 3 is 1.53 bits per heavy atom. The molecule has 4 rings (SSSR count). The first-order chi connectivity index (χ1) is 16.3. The van der Waals surface area contributed by atoms with Crippen LogP contribution in [0.4, 0.5) is 13.2 Å². The first kappa shape index (κ1) is 24.0. The molecular formula is C28H25F3NOP. The highest BCUT2D eigenvalue weighted by molar-refractivity contribution is 7.76. The summed E-state index contributed by atoms with van der Waals surface area (Å²) in [5.41, 5.74) is 0.917. The summed E-state index contributed by atoms with van der Waals surface area (Å²) in [4.78, 5) is 0. The van der Waals surface area contributed by atoms with Gasteiger partial charge in [-0.2, -0.15) is 13.2 Å². The Morgan fingerprint density at radius 1 is 0.647 bits per heavy atom. The lowest BCUT2D eigenvalue weighted by atomic mass is 9.89. The molecule has 2 unspecified atom stereocenters. The molecule has 0 radical (unpaired) electrons. The summed E-state index contributed by atoms with van der Waals surface area (Å²) in [6.45, 7) is 1.99. The summed E-state index contributed by atoms with van der Waals surface area (Å²) in [7, 11) is -3.34. The van der Waals surface area contributed by atoms with Crippen LogP contribution >= 0.6 is 7.29 Å². The standard InChI is InChI=1S/C28H25F3NOP/c1-21(22-11-5-2-6-12-22)27(23-17-19-24(20-18-23)28(29,30)31)32-34(33,25-13-7-3-8-14-25)26-15-9-4-10-16-26/h2-21,27H,1H3,(H,32,33). The Labute approximate surface area is 197 Å². The molecule has 4 aromatic carbocycles. The minimum Gasteiger partial charge on any atom is -0.297 e. The van der Waals surface area contributed by atoms with Crippen LogP contribution in [0.5, 0.6) is 0 Å². The molecule has 2 nitrogen and oxygen atoms in total. The molecule has 1 N–H and O–H groups in total. The van der Waals surface area contributed by atoms with Crippen molar-refractivity contribution in [3.8, 4) is 0 Å². The first-order valence-corrected chi connectivity index (χ1v) is 12.7. The fourth-order valence-electron chi connectivity index (χ4n) is 4.07. The number of nitrogens with one attached hydrogen (secondary N) is 1. The van der Waals surface area contributed by atoms with Gasteiger partial charge < -0.3 is 0 Å². The predicted octanol–water partition coefficient (Wildman–Crippen LogP) is 7.07. The number of halogens is 3. The smallest absolute Gasteiger partial charge is 0.297 e. The van der Waals surface area contributed by atoms with Gasteiger partial charge in [-0.15, -0.1) is 0 Å². The summed E-state index contributed by atoms with van der Waals surface area (Å²) in [5.74, 6) is -0.168. The van der Waals surface area contributed by atoms with Crippen molar-refractivity contribution < 1.29 is 17.7 Å². The van der Waals surface area contributed by atoms with Crippen LogP contribution in [0.1, 0.15) is 35.6 Å². The van der Waals surface area contributed by atoms with Crippen molar-refractivity contribution in [2.24, 2.45) is 0 Å². The number of hydrogen-bond donors (Lipinski definition) is 1. The van der Waals surface area contributed by atoms with Gasteiger partial charge in [0.25, 0.3) is 0 Å². The molecule has 0 saturated heterocycles. The van der Waals surface area contributed by atoms with Gasteiger partial charge in [-0.25, -0.2) is 0 Å². The molecule has 0 aliphatic carbocycles. The predicted molar refractivity (Wildman–Crippen MR) is 132 cm³/mol. The summed E-state index contributed by atoms with van der Waals surface area (Å²) in [6.07, 6.45) is -4.42. The number of benzene rings is 4. The maximum atomic E-state index is 14.7. The molecule has 0 saturated carbocycles. The highest BCUT2D eigenvalue weighted by Gasteiger charge is 2.35. The van der Waals surface area contributed by atoms with E-state index in [4.69, 9.17) is 0 Å². The second-order valence-electron chi connectivity index (χ2n) is 8.21. The zero-order valence-corrected chi connectivity index (χ0v) is 19.5. The molecular weight excluding hydrogens is 454 g/mol. The van der Waals surface area contributed by atoms with Gasteiger partial charge in [0.1, 0.15) is 0 Å². The van der Waals surface area contributed by atoms with E-state index in [1.54, 1.807) is 0 Å². The van der Waals surface area contributed by atoms with Gasteiger partial charge in [-0.3, -0.25) is 9.65 Å². The zero-order valence-electron chi connectivity index (χ0n) is 18.6. The maximum Gasteiger partial charge on any atom is 0.416 e. The van der Waals surface area contributed by atoms with Crippen molar-refractivity contribution in [1.82, 2.24) is 5.09 Å². The van der Waals surface area contributed by atoms with Crippen LogP contribution in [0.25, 0.3) is 0 Å². The quantitative estimate of drug-likeness (QED) is 0.287. The van der Waals surface area contributed by atoms with E-state index in [1.807, 2.05) is 97.9 Å². The van der Waals surface area contributed by atoms with E-state index in [2.05, 4.69) is 5.09 Å². The van der Waals surface area contributed by atoms with E-state index in [0.717, 1.165) is 17.7 Å². The Bertz CT molecular complexity index is 1200. The summed E-state index contributed by atoms with van der Waals surface area (Å²) in [6, 6.07) is 32.6. The van der Waals surface area contributed by atoms with Gasteiger partial charge in [-0.05, 0) is 47.5 Å². The molecule has 2 atom stereocenters. The largest absolute Gasteiger partial charge is 0.416 e. The van der Waals surface area contributed by atoms with E-state index in [9.17, 15) is 17.7 Å². The number of hydrogen-bond acceptors (Lipinski definition) is 1. The Morgan fingerprint density at radius 2 is 1.09 bits per heavy atom.